The van der Waals surface area contributed by atoms with Gasteiger partial charge in [0.25, 0.3) is 0 Å². The zero-order chi connectivity index (χ0) is 42.0. The van der Waals surface area contributed by atoms with Crippen LogP contribution in [0, 0.1) is 0 Å². The van der Waals surface area contributed by atoms with Crippen molar-refractivity contribution < 1.29 is 9.47 Å². The van der Waals surface area contributed by atoms with Crippen molar-refractivity contribution in [2.24, 2.45) is 0 Å². The molecule has 0 amide bonds. The zero-order valence-electron chi connectivity index (χ0n) is 34.4. The Morgan fingerprint density at radius 3 is 0.984 bits per heavy atom. The summed E-state index contributed by atoms with van der Waals surface area (Å²) in [6.45, 7) is 0. The quantitative estimate of drug-likeness (QED) is 0.178. The number of fused-ring (bicyclic) bond motifs is 18. The third-order valence-electron chi connectivity index (χ3n) is 13.9. The van der Waals surface area contributed by atoms with Gasteiger partial charge in [0.2, 0.25) is 0 Å². The summed E-state index contributed by atoms with van der Waals surface area (Å²) in [5, 5.41) is 0. The molecule has 0 unspecified atom stereocenters. The Labute approximate surface area is 370 Å². The fourth-order valence-corrected chi connectivity index (χ4v) is 11.5. The molecule has 0 radical (unpaired) electrons. The van der Waals surface area contributed by atoms with Gasteiger partial charge in [-0.1, -0.05) is 188 Å². The van der Waals surface area contributed by atoms with Gasteiger partial charge in [-0.05, 0) is 68.8 Å². The SMILES string of the molecule is c1ccc(-c2nc(-c3cccc4c3-c3ccccc3C43c4ccccc4Oc4ccccc43)nc(-c3cccc4c3-c3ccccc3C43c4ccccc4Oc4ccccc43)n2)cc1. The van der Waals surface area contributed by atoms with Crippen LogP contribution >= 0.6 is 0 Å². The molecule has 2 aliphatic carbocycles. The van der Waals surface area contributed by atoms with Gasteiger partial charge >= 0.3 is 0 Å². The van der Waals surface area contributed by atoms with Gasteiger partial charge in [-0.3, -0.25) is 0 Å². The second kappa shape index (κ2) is 13.1. The van der Waals surface area contributed by atoms with Crippen molar-refractivity contribution in [2.75, 3.05) is 0 Å². The van der Waals surface area contributed by atoms with E-state index in [2.05, 4.69) is 194 Å². The maximum Gasteiger partial charge on any atom is 0.164 e. The van der Waals surface area contributed by atoms with Gasteiger partial charge in [-0.25, -0.2) is 15.0 Å². The van der Waals surface area contributed by atoms with Crippen molar-refractivity contribution in [3.8, 4) is 79.4 Å². The van der Waals surface area contributed by atoms with Crippen molar-refractivity contribution >= 4 is 0 Å². The minimum absolute atomic E-state index is 0.612. The molecule has 2 spiro atoms. The van der Waals surface area contributed by atoms with E-state index in [1.165, 1.54) is 22.3 Å². The van der Waals surface area contributed by atoms with Crippen molar-refractivity contribution in [3.05, 3.63) is 257 Å². The molecule has 2 aliphatic heterocycles. The first-order chi connectivity index (χ1) is 31.7. The summed E-state index contributed by atoms with van der Waals surface area (Å²) in [5.74, 6) is 5.26. The van der Waals surface area contributed by atoms with Crippen LogP contribution in [-0.4, -0.2) is 15.0 Å². The Hall–Kier alpha value is -8.41. The molecule has 0 N–H and O–H groups in total. The zero-order valence-corrected chi connectivity index (χ0v) is 34.4. The normalized spacial score (nSPS) is 14.4. The summed E-state index contributed by atoms with van der Waals surface area (Å²) >= 11 is 0. The summed E-state index contributed by atoms with van der Waals surface area (Å²) in [7, 11) is 0. The molecular formula is C59H35N3O2. The molecule has 5 nitrogen and oxygen atoms in total. The minimum Gasteiger partial charge on any atom is -0.457 e. The van der Waals surface area contributed by atoms with Crippen molar-refractivity contribution in [3.63, 3.8) is 0 Å². The molecule has 1 aromatic heterocycles. The van der Waals surface area contributed by atoms with Gasteiger partial charge in [0.05, 0.1) is 10.8 Å². The summed E-state index contributed by atoms with van der Waals surface area (Å²) in [6.07, 6.45) is 0. The Kier molecular flexibility index (Phi) is 7.18. The highest BCUT2D eigenvalue weighted by molar-refractivity contribution is 5.98. The fraction of sp³-hybridized carbons (Fsp3) is 0.0339. The molecule has 9 aromatic carbocycles. The molecule has 0 saturated heterocycles. The smallest absolute Gasteiger partial charge is 0.164 e. The van der Waals surface area contributed by atoms with Crippen LogP contribution in [0.5, 0.6) is 23.0 Å². The molecule has 4 aliphatic rings. The highest BCUT2D eigenvalue weighted by atomic mass is 16.5. The van der Waals surface area contributed by atoms with Crippen LogP contribution in [0.2, 0.25) is 0 Å². The first-order valence-electron chi connectivity index (χ1n) is 21.8. The van der Waals surface area contributed by atoms with Gasteiger partial charge in [0, 0.05) is 38.9 Å². The molecule has 0 fully saturated rings. The average molecular weight is 818 g/mol. The monoisotopic (exact) mass is 817 g/mol. The van der Waals surface area contributed by atoms with Crippen LogP contribution in [0.4, 0.5) is 0 Å². The van der Waals surface area contributed by atoms with Crippen LogP contribution in [0.25, 0.3) is 56.4 Å². The van der Waals surface area contributed by atoms with Crippen molar-refractivity contribution in [2.45, 2.75) is 10.8 Å². The second-order valence-corrected chi connectivity index (χ2v) is 16.9. The lowest BCUT2D eigenvalue weighted by Gasteiger charge is -2.39. The molecule has 0 saturated carbocycles. The number of hydrogen-bond acceptors (Lipinski definition) is 5. The van der Waals surface area contributed by atoms with Crippen molar-refractivity contribution in [1.82, 2.24) is 15.0 Å². The van der Waals surface area contributed by atoms with E-state index in [1.54, 1.807) is 0 Å². The molecule has 298 valence electrons. The van der Waals surface area contributed by atoms with Gasteiger partial charge in [0.15, 0.2) is 17.5 Å². The summed E-state index contributed by atoms with van der Waals surface area (Å²) in [5.41, 5.74) is 15.3. The summed E-state index contributed by atoms with van der Waals surface area (Å²) in [4.78, 5) is 16.4. The number of para-hydroxylation sites is 4. The van der Waals surface area contributed by atoms with E-state index in [0.29, 0.717) is 17.5 Å². The Bertz CT molecular complexity index is 3290. The average Bonchev–Trinajstić information content (AvgIpc) is 3.83. The predicted molar refractivity (Wildman–Crippen MR) is 251 cm³/mol. The molecule has 10 aromatic rings. The highest BCUT2D eigenvalue weighted by Crippen LogP contribution is 2.65. The minimum atomic E-state index is -0.625. The van der Waals surface area contributed by atoms with Gasteiger partial charge in [0.1, 0.15) is 23.0 Å². The van der Waals surface area contributed by atoms with Crippen LogP contribution in [0.1, 0.15) is 44.5 Å². The van der Waals surface area contributed by atoms with E-state index in [0.717, 1.165) is 84.2 Å². The highest BCUT2D eigenvalue weighted by Gasteiger charge is 2.53. The molecule has 3 heterocycles. The fourth-order valence-electron chi connectivity index (χ4n) is 11.5. The molecule has 64 heavy (non-hydrogen) atoms. The predicted octanol–water partition coefficient (Wildman–Crippen LogP) is 13.8. The van der Waals surface area contributed by atoms with E-state index in [4.69, 9.17) is 24.4 Å². The molecule has 14 rings (SSSR count). The second-order valence-electron chi connectivity index (χ2n) is 16.9. The van der Waals surface area contributed by atoms with E-state index in [1.807, 2.05) is 18.2 Å². The Morgan fingerprint density at radius 2 is 0.562 bits per heavy atom. The molecule has 0 atom stereocenters. The third-order valence-corrected chi connectivity index (χ3v) is 13.9. The lowest BCUT2D eigenvalue weighted by Crippen LogP contribution is -2.32. The first kappa shape index (κ1) is 35.2. The number of benzene rings is 9. The number of nitrogens with zero attached hydrogens (tertiary/aromatic N) is 3. The Morgan fingerprint density at radius 1 is 0.250 bits per heavy atom. The van der Waals surface area contributed by atoms with Gasteiger partial charge in [-0.15, -0.1) is 0 Å². The van der Waals surface area contributed by atoms with Crippen LogP contribution < -0.4 is 9.47 Å². The lowest BCUT2D eigenvalue weighted by atomic mass is 9.66. The van der Waals surface area contributed by atoms with E-state index >= 15 is 0 Å². The Balaban J connectivity index is 1.05. The maximum absolute atomic E-state index is 6.64. The van der Waals surface area contributed by atoms with Gasteiger partial charge in [-0.2, -0.15) is 0 Å². The van der Waals surface area contributed by atoms with Crippen LogP contribution in [0.15, 0.2) is 212 Å². The molecular weight excluding hydrogens is 783 g/mol. The lowest BCUT2D eigenvalue weighted by molar-refractivity contribution is 0.436. The standard InChI is InChI=1S/C59H35N3O2/c1-2-18-36(19-3-1)55-60-56(39-22-16-30-47-53(39)37-20-4-6-24-41(37)58(47)43-26-8-12-32-49(43)63-50-33-13-9-27-44(50)58)62-57(61-55)40-23-17-31-48-54(40)38-21-5-7-25-42(38)59(48)45-28-10-14-34-51(45)64-52-35-15-11-29-46(52)59/h1-35H. The largest absolute Gasteiger partial charge is 0.457 e. The summed E-state index contributed by atoms with van der Waals surface area (Å²) in [6, 6.07) is 75.0. The summed E-state index contributed by atoms with van der Waals surface area (Å²) < 4.78 is 13.3. The van der Waals surface area contributed by atoms with E-state index < -0.39 is 10.8 Å². The first-order valence-corrected chi connectivity index (χ1v) is 21.8. The van der Waals surface area contributed by atoms with E-state index in [-0.39, 0.29) is 0 Å². The molecule has 5 heteroatoms. The molecule has 0 bridgehead atoms. The third kappa shape index (κ3) is 4.49. The number of ether oxygens (including phenoxy) is 2. The van der Waals surface area contributed by atoms with E-state index in [9.17, 15) is 0 Å². The van der Waals surface area contributed by atoms with Crippen LogP contribution in [-0.2, 0) is 10.8 Å². The number of aromatic nitrogens is 3. The van der Waals surface area contributed by atoms with Crippen molar-refractivity contribution in [1.29, 1.82) is 0 Å². The maximum atomic E-state index is 6.64. The number of rotatable bonds is 3. The van der Waals surface area contributed by atoms with Gasteiger partial charge < -0.3 is 9.47 Å². The topological polar surface area (TPSA) is 57.1 Å². The van der Waals surface area contributed by atoms with Crippen LogP contribution in [0.3, 0.4) is 0 Å². The number of hydrogen-bond donors (Lipinski definition) is 0.